The Morgan fingerprint density at radius 1 is 0.971 bits per heavy atom. The van der Waals surface area contributed by atoms with Gasteiger partial charge in [0.2, 0.25) is 5.75 Å². The number of hydrogen-bond donors (Lipinski definition) is 1. The van der Waals surface area contributed by atoms with Crippen LogP contribution in [-0.2, 0) is 10.0 Å². The van der Waals surface area contributed by atoms with Crippen LogP contribution in [0.3, 0.4) is 0 Å². The Hall–Kier alpha value is -3.92. The number of methoxy groups -OCH3 is 3. The van der Waals surface area contributed by atoms with E-state index >= 15 is 0 Å². The highest BCUT2D eigenvalue weighted by atomic mass is 32.2. The van der Waals surface area contributed by atoms with Crippen LogP contribution in [0.5, 0.6) is 23.0 Å². The molecule has 35 heavy (non-hydrogen) atoms. The quantitative estimate of drug-likeness (QED) is 0.526. The van der Waals surface area contributed by atoms with Crippen molar-refractivity contribution in [2.24, 2.45) is 0 Å². The lowest BCUT2D eigenvalue weighted by Crippen LogP contribution is -2.42. The number of rotatable bonds is 7. The Morgan fingerprint density at radius 3 is 2.20 bits per heavy atom. The molecule has 184 valence electrons. The van der Waals surface area contributed by atoms with E-state index in [4.69, 9.17) is 18.9 Å². The van der Waals surface area contributed by atoms with Crippen LogP contribution in [0.25, 0.3) is 0 Å². The van der Waals surface area contributed by atoms with E-state index in [0.717, 1.165) is 0 Å². The van der Waals surface area contributed by atoms with Gasteiger partial charge in [0.05, 0.1) is 38.5 Å². The molecule has 0 fully saturated rings. The molecular formula is C25H26N2O7S. The SMILES string of the molecule is COc1cc(C(=O)Nc2ccc(S(=O)(=O)N3C[C@H](C)Oc4ccccc43)cc2)cc(OC)c1OC. The molecule has 0 aliphatic carbocycles. The van der Waals surface area contributed by atoms with Gasteiger partial charge in [0, 0.05) is 11.3 Å². The fourth-order valence-electron chi connectivity index (χ4n) is 3.83. The third-order valence-electron chi connectivity index (χ3n) is 5.51. The highest BCUT2D eigenvalue weighted by Gasteiger charge is 2.32. The maximum Gasteiger partial charge on any atom is 0.264 e. The number of carbonyl (C=O) groups is 1. The molecule has 0 unspecified atom stereocenters. The zero-order valence-electron chi connectivity index (χ0n) is 19.8. The first-order valence-electron chi connectivity index (χ1n) is 10.8. The molecule has 1 N–H and O–H groups in total. The van der Waals surface area contributed by atoms with E-state index in [1.807, 2.05) is 6.92 Å². The summed E-state index contributed by atoms with van der Waals surface area (Å²) in [5.74, 6) is 1.16. The maximum absolute atomic E-state index is 13.4. The first-order chi connectivity index (χ1) is 16.8. The van der Waals surface area contributed by atoms with Crippen molar-refractivity contribution in [3.05, 3.63) is 66.2 Å². The van der Waals surface area contributed by atoms with Gasteiger partial charge in [-0.15, -0.1) is 0 Å². The molecule has 0 saturated heterocycles. The molecule has 4 rings (SSSR count). The van der Waals surface area contributed by atoms with E-state index in [0.29, 0.717) is 34.4 Å². The lowest BCUT2D eigenvalue weighted by Gasteiger charge is -2.34. The van der Waals surface area contributed by atoms with Gasteiger partial charge in [0.25, 0.3) is 15.9 Å². The van der Waals surface area contributed by atoms with Gasteiger partial charge in [-0.2, -0.15) is 0 Å². The second-order valence-electron chi connectivity index (χ2n) is 7.82. The molecular weight excluding hydrogens is 472 g/mol. The molecule has 0 radical (unpaired) electrons. The molecule has 0 saturated carbocycles. The van der Waals surface area contributed by atoms with Crippen LogP contribution in [0.4, 0.5) is 11.4 Å². The van der Waals surface area contributed by atoms with Crippen molar-refractivity contribution in [3.63, 3.8) is 0 Å². The molecule has 0 bridgehead atoms. The third-order valence-corrected chi connectivity index (χ3v) is 7.31. The van der Waals surface area contributed by atoms with Gasteiger partial charge in [-0.05, 0) is 55.5 Å². The van der Waals surface area contributed by atoms with Crippen LogP contribution >= 0.6 is 0 Å². The number of amides is 1. The summed E-state index contributed by atoms with van der Waals surface area (Å²) in [5.41, 5.74) is 1.21. The monoisotopic (exact) mass is 498 g/mol. The van der Waals surface area contributed by atoms with Crippen molar-refractivity contribution < 1.29 is 32.2 Å². The minimum atomic E-state index is -3.84. The van der Waals surface area contributed by atoms with E-state index in [1.165, 1.54) is 49.9 Å². The van der Waals surface area contributed by atoms with E-state index in [2.05, 4.69) is 5.32 Å². The summed E-state index contributed by atoms with van der Waals surface area (Å²) in [5, 5.41) is 2.76. The average molecular weight is 499 g/mol. The van der Waals surface area contributed by atoms with E-state index in [-0.39, 0.29) is 23.1 Å². The van der Waals surface area contributed by atoms with Gasteiger partial charge in [-0.25, -0.2) is 8.42 Å². The lowest BCUT2D eigenvalue weighted by molar-refractivity contribution is 0.102. The summed E-state index contributed by atoms with van der Waals surface area (Å²) in [6, 6.07) is 16.1. The number of anilines is 2. The van der Waals surface area contributed by atoms with Crippen molar-refractivity contribution in [2.75, 3.05) is 37.5 Å². The highest BCUT2D eigenvalue weighted by Crippen LogP contribution is 2.39. The highest BCUT2D eigenvalue weighted by molar-refractivity contribution is 7.92. The molecule has 3 aromatic carbocycles. The number of hydrogen-bond acceptors (Lipinski definition) is 7. The fourth-order valence-corrected chi connectivity index (χ4v) is 5.38. The van der Waals surface area contributed by atoms with Crippen LogP contribution in [-0.4, -0.2) is 48.3 Å². The molecule has 1 amide bonds. The van der Waals surface area contributed by atoms with Crippen molar-refractivity contribution >= 4 is 27.3 Å². The van der Waals surface area contributed by atoms with Gasteiger partial charge >= 0.3 is 0 Å². The Labute approximate surface area is 204 Å². The van der Waals surface area contributed by atoms with Crippen LogP contribution in [0.15, 0.2) is 65.6 Å². The molecule has 1 heterocycles. The second kappa shape index (κ2) is 9.75. The zero-order valence-corrected chi connectivity index (χ0v) is 20.6. The Bertz CT molecular complexity index is 1320. The van der Waals surface area contributed by atoms with Gasteiger partial charge in [0.1, 0.15) is 11.9 Å². The molecule has 1 aliphatic heterocycles. The molecule has 3 aromatic rings. The zero-order chi connectivity index (χ0) is 25.2. The maximum atomic E-state index is 13.4. The molecule has 10 heteroatoms. The van der Waals surface area contributed by atoms with E-state index in [9.17, 15) is 13.2 Å². The predicted octanol–water partition coefficient (Wildman–Crippen LogP) is 3.94. The molecule has 1 atom stereocenters. The summed E-state index contributed by atoms with van der Waals surface area (Å²) in [4.78, 5) is 13.0. The summed E-state index contributed by atoms with van der Waals surface area (Å²) in [7, 11) is 0.568. The number of benzene rings is 3. The largest absolute Gasteiger partial charge is 0.493 e. The predicted molar refractivity (Wildman–Crippen MR) is 132 cm³/mol. The average Bonchev–Trinajstić information content (AvgIpc) is 2.87. The number of nitrogens with zero attached hydrogens (tertiary/aromatic N) is 1. The summed E-state index contributed by atoms with van der Waals surface area (Å²) >= 11 is 0. The molecule has 9 nitrogen and oxygen atoms in total. The fraction of sp³-hybridized carbons (Fsp3) is 0.240. The van der Waals surface area contributed by atoms with Crippen LogP contribution < -0.4 is 28.6 Å². The number of nitrogens with one attached hydrogen (secondary N) is 1. The number of fused-ring (bicyclic) bond motifs is 1. The Balaban J connectivity index is 1.57. The summed E-state index contributed by atoms with van der Waals surface area (Å²) in [6.45, 7) is 2.01. The van der Waals surface area contributed by atoms with Crippen molar-refractivity contribution in [2.45, 2.75) is 17.9 Å². The first-order valence-corrected chi connectivity index (χ1v) is 12.2. The summed E-state index contributed by atoms with van der Waals surface area (Å²) in [6.07, 6.45) is -0.295. The third kappa shape index (κ3) is 4.69. The lowest BCUT2D eigenvalue weighted by atomic mass is 10.1. The van der Waals surface area contributed by atoms with Crippen LogP contribution in [0.2, 0.25) is 0 Å². The molecule has 0 spiro atoms. The van der Waals surface area contributed by atoms with E-state index < -0.39 is 15.9 Å². The normalized spacial score (nSPS) is 15.0. The smallest absolute Gasteiger partial charge is 0.264 e. The van der Waals surface area contributed by atoms with Gasteiger partial charge < -0.3 is 24.3 Å². The Morgan fingerprint density at radius 2 is 1.60 bits per heavy atom. The van der Waals surface area contributed by atoms with Crippen molar-refractivity contribution in [1.82, 2.24) is 0 Å². The summed E-state index contributed by atoms with van der Waals surface area (Å²) < 4.78 is 49.8. The first kappa shape index (κ1) is 24.2. The van der Waals surface area contributed by atoms with Gasteiger partial charge in [-0.3, -0.25) is 9.10 Å². The van der Waals surface area contributed by atoms with Gasteiger partial charge in [0.15, 0.2) is 11.5 Å². The number of carbonyl (C=O) groups excluding carboxylic acids is 1. The Kier molecular flexibility index (Phi) is 6.74. The standard InChI is InChI=1S/C25H26N2O7S/c1-16-15-27(20-7-5-6-8-21(20)34-16)35(29,30)19-11-9-18(10-12-19)26-25(28)17-13-22(31-2)24(33-4)23(14-17)32-3/h5-14,16H,15H2,1-4H3,(H,26,28)/t16-/m0/s1. The minimum Gasteiger partial charge on any atom is -0.493 e. The number of para-hydroxylation sites is 2. The van der Waals surface area contributed by atoms with Crippen molar-refractivity contribution in [3.8, 4) is 23.0 Å². The van der Waals surface area contributed by atoms with Crippen LogP contribution in [0, 0.1) is 0 Å². The molecule has 0 aromatic heterocycles. The van der Waals surface area contributed by atoms with Crippen LogP contribution in [0.1, 0.15) is 17.3 Å². The minimum absolute atomic E-state index is 0.104. The van der Waals surface area contributed by atoms with E-state index in [1.54, 1.807) is 36.4 Å². The van der Waals surface area contributed by atoms with Crippen molar-refractivity contribution in [1.29, 1.82) is 0 Å². The van der Waals surface area contributed by atoms with Gasteiger partial charge in [-0.1, -0.05) is 12.1 Å². The number of ether oxygens (including phenoxy) is 4. The molecule has 1 aliphatic rings. The topological polar surface area (TPSA) is 103 Å². The second-order valence-corrected chi connectivity index (χ2v) is 9.69. The number of sulfonamides is 1.